The number of hydrogen-bond donors (Lipinski definition) is 0. The lowest BCUT2D eigenvalue weighted by atomic mass is 9.41. The number of nitrogens with zero attached hydrogens (tertiary/aromatic N) is 2. The molecule has 0 radical (unpaired) electrons. The molecule has 0 atom stereocenters. The Bertz CT molecular complexity index is 585. The fraction of sp³-hybridized carbons (Fsp3) is 0.158. The van der Waals surface area contributed by atoms with Crippen LogP contribution in [0.1, 0.15) is 0 Å². The average molecular weight is 288 g/mol. The Morgan fingerprint density at radius 2 is 1.36 bits per heavy atom. The molecule has 0 saturated carbocycles. The van der Waals surface area contributed by atoms with E-state index in [4.69, 9.17) is 0 Å². The maximum atomic E-state index is 3.84. The molecule has 3 rings (SSSR count). The van der Waals surface area contributed by atoms with E-state index in [2.05, 4.69) is 89.2 Å². The summed E-state index contributed by atoms with van der Waals surface area (Å²) >= 11 is 0. The van der Waals surface area contributed by atoms with Gasteiger partial charge in [-0.25, -0.2) is 0 Å². The molecule has 0 aliphatic carbocycles. The van der Waals surface area contributed by atoms with Crippen molar-refractivity contribution in [2.75, 3.05) is 19.8 Å². The molecule has 2 nitrogen and oxygen atoms in total. The second-order valence-electron chi connectivity index (χ2n) is 5.59. The van der Waals surface area contributed by atoms with E-state index in [9.17, 15) is 0 Å². The summed E-state index contributed by atoms with van der Waals surface area (Å²) in [7, 11) is 0. The molecular formula is C19H21BN2. The van der Waals surface area contributed by atoms with Crippen molar-refractivity contribution in [2.45, 2.75) is 0 Å². The van der Waals surface area contributed by atoms with Gasteiger partial charge in [0.1, 0.15) is 0 Å². The van der Waals surface area contributed by atoms with Gasteiger partial charge in [-0.2, -0.15) is 0 Å². The van der Waals surface area contributed by atoms with Crippen molar-refractivity contribution in [3.8, 4) is 0 Å². The van der Waals surface area contributed by atoms with Crippen molar-refractivity contribution < 1.29 is 0 Å². The van der Waals surface area contributed by atoms with Crippen LogP contribution < -0.4 is 10.9 Å². The van der Waals surface area contributed by atoms with Crippen LogP contribution in [0.5, 0.6) is 0 Å². The van der Waals surface area contributed by atoms with Crippen molar-refractivity contribution in [1.29, 1.82) is 0 Å². The Balaban J connectivity index is 1.82. The first kappa shape index (κ1) is 14.5. The maximum absolute atomic E-state index is 3.84. The highest BCUT2D eigenvalue weighted by molar-refractivity contribution is 6.89. The molecular weight excluding hydrogens is 267 g/mol. The van der Waals surface area contributed by atoms with Gasteiger partial charge in [0.15, 0.2) is 0 Å². The second kappa shape index (κ2) is 7.03. The molecule has 3 heteroatoms. The van der Waals surface area contributed by atoms with Crippen molar-refractivity contribution in [1.82, 2.24) is 9.80 Å². The molecule has 0 bridgehead atoms. The van der Waals surface area contributed by atoms with Crippen LogP contribution in [0.25, 0.3) is 0 Å². The summed E-state index contributed by atoms with van der Waals surface area (Å²) in [5.41, 5.74) is 2.65. The predicted octanol–water partition coefficient (Wildman–Crippen LogP) is 2.07. The van der Waals surface area contributed by atoms with Crippen molar-refractivity contribution >= 4 is 17.6 Å². The first-order valence-electron chi connectivity index (χ1n) is 7.75. The molecule has 1 aliphatic heterocycles. The molecule has 0 aromatic heterocycles. The Morgan fingerprint density at radius 3 is 1.86 bits per heavy atom. The van der Waals surface area contributed by atoms with E-state index >= 15 is 0 Å². The Kier molecular flexibility index (Phi) is 4.64. The largest absolute Gasteiger partial charge is 0.359 e. The molecule has 0 amide bonds. The van der Waals surface area contributed by atoms with Crippen LogP contribution >= 0.6 is 0 Å². The topological polar surface area (TPSA) is 6.48 Å². The van der Waals surface area contributed by atoms with Crippen LogP contribution in [0.2, 0.25) is 0 Å². The summed E-state index contributed by atoms with van der Waals surface area (Å²) < 4.78 is 0. The van der Waals surface area contributed by atoms with Gasteiger partial charge in [0.05, 0.1) is 6.67 Å². The van der Waals surface area contributed by atoms with E-state index in [0.717, 1.165) is 19.8 Å². The van der Waals surface area contributed by atoms with E-state index in [1.54, 1.807) is 0 Å². The maximum Gasteiger partial charge on any atom is 0.235 e. The van der Waals surface area contributed by atoms with Gasteiger partial charge >= 0.3 is 0 Å². The third-order valence-electron chi connectivity index (χ3n) is 4.10. The molecule has 0 spiro atoms. The fourth-order valence-electron chi connectivity index (χ4n) is 2.85. The van der Waals surface area contributed by atoms with Gasteiger partial charge < -0.3 is 9.80 Å². The molecule has 0 unspecified atom stereocenters. The summed E-state index contributed by atoms with van der Waals surface area (Å²) in [6.07, 6.45) is 4.15. The zero-order valence-corrected chi connectivity index (χ0v) is 12.8. The minimum Gasteiger partial charge on any atom is -0.359 e. The molecule has 2 aromatic carbocycles. The van der Waals surface area contributed by atoms with E-state index in [1.165, 1.54) is 10.9 Å². The normalized spacial score (nSPS) is 14.5. The molecule has 1 saturated heterocycles. The lowest BCUT2D eigenvalue weighted by Gasteiger charge is -2.16. The van der Waals surface area contributed by atoms with Gasteiger partial charge in [-0.3, -0.25) is 0 Å². The van der Waals surface area contributed by atoms with Gasteiger partial charge in [0.25, 0.3) is 0 Å². The average Bonchev–Trinajstić information content (AvgIpc) is 3.05. The van der Waals surface area contributed by atoms with Crippen LogP contribution in [0, 0.1) is 0 Å². The van der Waals surface area contributed by atoms with Gasteiger partial charge in [-0.05, 0) is 12.4 Å². The summed E-state index contributed by atoms with van der Waals surface area (Å²) in [4.78, 5) is 4.56. The summed E-state index contributed by atoms with van der Waals surface area (Å²) in [6, 6.07) is 21.3. The van der Waals surface area contributed by atoms with E-state index < -0.39 is 0 Å². The molecule has 1 fully saturated rings. The molecule has 22 heavy (non-hydrogen) atoms. The highest BCUT2D eigenvalue weighted by Gasteiger charge is 2.17. The van der Waals surface area contributed by atoms with Crippen molar-refractivity contribution in [2.24, 2.45) is 0 Å². The Hall–Kier alpha value is -2.42. The molecule has 0 N–H and O–H groups in total. The summed E-state index contributed by atoms with van der Waals surface area (Å²) in [6.45, 7) is 7.17. The number of hydrogen-bond acceptors (Lipinski definition) is 2. The lowest BCUT2D eigenvalue weighted by molar-refractivity contribution is 0.370. The minimum atomic E-state index is 0.292. The number of rotatable bonds is 5. The smallest absolute Gasteiger partial charge is 0.235 e. The minimum absolute atomic E-state index is 0.292. The van der Waals surface area contributed by atoms with E-state index in [0.29, 0.717) is 6.71 Å². The Morgan fingerprint density at radius 1 is 0.818 bits per heavy atom. The third-order valence-corrected chi connectivity index (χ3v) is 4.10. The standard InChI is InChI=1S/C19H21BN2/c1-2-21-15-16-22(17-21)14-13-20(18-9-5-3-6-10-18)19-11-7-4-8-12-19/h2-14H,1,15-17H2. The van der Waals surface area contributed by atoms with Gasteiger partial charge in [-0.15, -0.1) is 0 Å². The highest BCUT2D eigenvalue weighted by atomic mass is 15.4. The molecule has 1 aliphatic rings. The van der Waals surface area contributed by atoms with Crippen LogP contribution in [0.4, 0.5) is 0 Å². The van der Waals surface area contributed by atoms with Crippen LogP contribution in [-0.4, -0.2) is 36.3 Å². The quantitative estimate of drug-likeness (QED) is 0.777. The molecule has 2 aromatic rings. The SMILES string of the molecule is C=CN1CCN(C=CB(c2ccccc2)c2ccccc2)C1. The van der Waals surface area contributed by atoms with E-state index in [1.807, 2.05) is 6.20 Å². The predicted molar refractivity (Wildman–Crippen MR) is 95.5 cm³/mol. The van der Waals surface area contributed by atoms with Crippen LogP contribution in [-0.2, 0) is 0 Å². The molecule has 1 heterocycles. The van der Waals surface area contributed by atoms with Gasteiger partial charge in [0, 0.05) is 13.1 Å². The zero-order valence-electron chi connectivity index (χ0n) is 12.8. The third kappa shape index (κ3) is 3.42. The van der Waals surface area contributed by atoms with Gasteiger partial charge in [-0.1, -0.05) is 84.1 Å². The lowest BCUT2D eigenvalue weighted by Crippen LogP contribution is -2.41. The van der Waals surface area contributed by atoms with Crippen LogP contribution in [0.15, 0.2) is 85.6 Å². The first-order valence-corrected chi connectivity index (χ1v) is 7.75. The van der Waals surface area contributed by atoms with Crippen molar-refractivity contribution in [3.63, 3.8) is 0 Å². The van der Waals surface area contributed by atoms with Crippen LogP contribution in [0.3, 0.4) is 0 Å². The van der Waals surface area contributed by atoms with E-state index in [-0.39, 0.29) is 0 Å². The summed E-state index contributed by atoms with van der Waals surface area (Å²) in [5.74, 6) is 2.30. The summed E-state index contributed by atoms with van der Waals surface area (Å²) in [5, 5.41) is 0. The molecule has 110 valence electrons. The van der Waals surface area contributed by atoms with Crippen molar-refractivity contribution in [3.05, 3.63) is 85.6 Å². The second-order valence-corrected chi connectivity index (χ2v) is 5.59. The highest BCUT2D eigenvalue weighted by Crippen LogP contribution is 2.05. The Labute approximate surface area is 133 Å². The fourth-order valence-corrected chi connectivity index (χ4v) is 2.85. The van der Waals surface area contributed by atoms with Gasteiger partial charge in [0.2, 0.25) is 6.71 Å². The first-order chi connectivity index (χ1) is 10.9. The number of benzene rings is 2. The monoisotopic (exact) mass is 288 g/mol. The zero-order chi connectivity index (χ0) is 15.2.